The molecule has 136 valence electrons. The highest BCUT2D eigenvalue weighted by atomic mass is 16.6. The van der Waals surface area contributed by atoms with E-state index in [0.717, 1.165) is 43.8 Å². The molecule has 0 spiro atoms. The Balaban J connectivity index is 1.36. The molecule has 2 aromatic rings. The minimum absolute atomic E-state index is 0.103. The van der Waals surface area contributed by atoms with Crippen molar-refractivity contribution in [2.45, 2.75) is 26.3 Å². The van der Waals surface area contributed by atoms with Gasteiger partial charge >= 0.3 is 0 Å². The standard InChI is InChI=1S/C22H25NO3/c1-16-3-2-4-17(13-16)15-23-9-7-18(8-10-23)22(24)19-5-6-20-21(14-19)26-12-11-25-20/h2-6,13-14,18H,7-12,15H2,1H3. The lowest BCUT2D eigenvalue weighted by Gasteiger charge is -2.31. The number of fused-ring (bicyclic) bond motifs is 1. The normalized spacial score (nSPS) is 17.9. The Morgan fingerprint density at radius 3 is 2.58 bits per heavy atom. The molecule has 0 N–H and O–H groups in total. The van der Waals surface area contributed by atoms with Crippen LogP contribution in [0.25, 0.3) is 0 Å². The Bertz CT molecular complexity index is 794. The second kappa shape index (κ2) is 7.50. The number of benzene rings is 2. The summed E-state index contributed by atoms with van der Waals surface area (Å²) in [6, 6.07) is 14.2. The van der Waals surface area contributed by atoms with Crippen LogP contribution in [0.2, 0.25) is 0 Å². The first-order valence-electron chi connectivity index (χ1n) is 9.41. The van der Waals surface area contributed by atoms with Crippen molar-refractivity contribution in [3.8, 4) is 11.5 Å². The van der Waals surface area contributed by atoms with Crippen molar-refractivity contribution in [3.05, 3.63) is 59.2 Å². The highest BCUT2D eigenvalue weighted by Crippen LogP contribution is 2.32. The molecule has 0 saturated carbocycles. The number of rotatable bonds is 4. The lowest BCUT2D eigenvalue weighted by molar-refractivity contribution is 0.0833. The fraction of sp³-hybridized carbons (Fsp3) is 0.409. The fourth-order valence-electron chi connectivity index (χ4n) is 3.85. The van der Waals surface area contributed by atoms with Crippen molar-refractivity contribution in [3.63, 3.8) is 0 Å². The molecule has 0 amide bonds. The Hall–Kier alpha value is -2.33. The summed E-state index contributed by atoms with van der Waals surface area (Å²) in [5, 5.41) is 0. The molecule has 26 heavy (non-hydrogen) atoms. The molecule has 0 atom stereocenters. The van der Waals surface area contributed by atoms with E-state index in [0.29, 0.717) is 19.0 Å². The van der Waals surface area contributed by atoms with E-state index < -0.39 is 0 Å². The number of nitrogens with zero attached hydrogens (tertiary/aromatic N) is 1. The minimum atomic E-state index is 0.103. The summed E-state index contributed by atoms with van der Waals surface area (Å²) in [5.41, 5.74) is 3.39. The van der Waals surface area contributed by atoms with Gasteiger partial charge in [0.25, 0.3) is 0 Å². The number of hydrogen-bond donors (Lipinski definition) is 0. The van der Waals surface area contributed by atoms with Crippen LogP contribution in [0.4, 0.5) is 0 Å². The molecular weight excluding hydrogens is 326 g/mol. The molecule has 1 saturated heterocycles. The summed E-state index contributed by atoms with van der Waals surface area (Å²) >= 11 is 0. The Morgan fingerprint density at radius 1 is 1.04 bits per heavy atom. The summed E-state index contributed by atoms with van der Waals surface area (Å²) in [6.45, 7) is 6.14. The van der Waals surface area contributed by atoms with E-state index in [9.17, 15) is 4.79 Å². The van der Waals surface area contributed by atoms with Gasteiger partial charge in [-0.15, -0.1) is 0 Å². The van der Waals surface area contributed by atoms with Crippen molar-refractivity contribution in [2.24, 2.45) is 5.92 Å². The highest BCUT2D eigenvalue weighted by molar-refractivity contribution is 5.98. The molecule has 0 unspecified atom stereocenters. The third kappa shape index (κ3) is 3.75. The number of piperidine rings is 1. The van der Waals surface area contributed by atoms with E-state index in [1.54, 1.807) is 0 Å². The molecular formula is C22H25NO3. The average molecular weight is 351 g/mol. The zero-order valence-electron chi connectivity index (χ0n) is 15.2. The topological polar surface area (TPSA) is 38.8 Å². The molecule has 4 heteroatoms. The first kappa shape index (κ1) is 17.1. The van der Waals surface area contributed by atoms with Gasteiger partial charge in [-0.05, 0) is 56.6 Å². The smallest absolute Gasteiger partial charge is 0.166 e. The van der Waals surface area contributed by atoms with Crippen molar-refractivity contribution in [1.29, 1.82) is 0 Å². The maximum atomic E-state index is 12.9. The number of ether oxygens (including phenoxy) is 2. The molecule has 1 fully saturated rings. The first-order valence-corrected chi connectivity index (χ1v) is 9.41. The lowest BCUT2D eigenvalue weighted by atomic mass is 9.88. The van der Waals surface area contributed by atoms with E-state index in [2.05, 4.69) is 36.1 Å². The van der Waals surface area contributed by atoms with Crippen LogP contribution < -0.4 is 9.47 Å². The van der Waals surface area contributed by atoms with Crippen LogP contribution in [0.5, 0.6) is 11.5 Å². The van der Waals surface area contributed by atoms with Gasteiger partial charge in [0.05, 0.1) is 0 Å². The minimum Gasteiger partial charge on any atom is -0.486 e. The van der Waals surface area contributed by atoms with Crippen LogP contribution in [-0.4, -0.2) is 37.0 Å². The monoisotopic (exact) mass is 351 g/mol. The number of ketones is 1. The zero-order chi connectivity index (χ0) is 17.9. The van der Waals surface area contributed by atoms with E-state index in [1.165, 1.54) is 11.1 Å². The van der Waals surface area contributed by atoms with Gasteiger partial charge in [-0.25, -0.2) is 0 Å². The van der Waals surface area contributed by atoms with Crippen LogP contribution in [-0.2, 0) is 6.54 Å². The second-order valence-corrected chi connectivity index (χ2v) is 7.26. The number of likely N-dealkylation sites (tertiary alicyclic amines) is 1. The highest BCUT2D eigenvalue weighted by Gasteiger charge is 2.27. The molecule has 0 radical (unpaired) electrons. The number of aryl methyl sites for hydroxylation is 1. The number of carbonyl (C=O) groups is 1. The summed E-state index contributed by atoms with van der Waals surface area (Å²) in [6.07, 6.45) is 1.83. The van der Waals surface area contributed by atoms with Gasteiger partial charge in [0.1, 0.15) is 13.2 Å². The number of carbonyl (C=O) groups excluding carboxylic acids is 1. The first-order chi connectivity index (χ1) is 12.7. The Labute approximate surface area is 154 Å². The van der Waals surface area contributed by atoms with Gasteiger partial charge in [0, 0.05) is 18.0 Å². The van der Waals surface area contributed by atoms with Crippen LogP contribution >= 0.6 is 0 Å². The maximum Gasteiger partial charge on any atom is 0.166 e. The van der Waals surface area contributed by atoms with Gasteiger partial charge in [-0.3, -0.25) is 9.69 Å². The van der Waals surface area contributed by atoms with Gasteiger partial charge in [0.15, 0.2) is 17.3 Å². The van der Waals surface area contributed by atoms with Crippen molar-refractivity contribution in [2.75, 3.05) is 26.3 Å². The van der Waals surface area contributed by atoms with E-state index in [-0.39, 0.29) is 11.7 Å². The van der Waals surface area contributed by atoms with Crippen LogP contribution in [0.1, 0.15) is 34.3 Å². The predicted octanol–water partition coefficient (Wildman–Crippen LogP) is 3.86. The molecule has 0 aliphatic carbocycles. The molecule has 0 bridgehead atoms. The van der Waals surface area contributed by atoms with Gasteiger partial charge < -0.3 is 9.47 Å². The van der Waals surface area contributed by atoms with Crippen LogP contribution in [0.3, 0.4) is 0 Å². The Morgan fingerprint density at radius 2 is 1.81 bits per heavy atom. The quantitative estimate of drug-likeness (QED) is 0.784. The third-order valence-corrected chi connectivity index (χ3v) is 5.27. The molecule has 4 rings (SSSR count). The van der Waals surface area contributed by atoms with Gasteiger partial charge in [0.2, 0.25) is 0 Å². The van der Waals surface area contributed by atoms with Crippen LogP contribution in [0.15, 0.2) is 42.5 Å². The molecule has 0 aromatic heterocycles. The molecule has 2 heterocycles. The van der Waals surface area contributed by atoms with E-state index in [4.69, 9.17) is 9.47 Å². The van der Waals surface area contributed by atoms with Gasteiger partial charge in [-0.2, -0.15) is 0 Å². The average Bonchev–Trinajstić information content (AvgIpc) is 2.68. The zero-order valence-corrected chi connectivity index (χ0v) is 15.2. The SMILES string of the molecule is Cc1cccc(CN2CCC(C(=O)c3ccc4c(c3)OCCO4)CC2)c1. The van der Waals surface area contributed by atoms with Crippen molar-refractivity contribution < 1.29 is 14.3 Å². The summed E-state index contributed by atoms with van der Waals surface area (Å²) in [7, 11) is 0. The second-order valence-electron chi connectivity index (χ2n) is 7.26. The molecule has 2 aliphatic rings. The summed E-state index contributed by atoms with van der Waals surface area (Å²) in [4.78, 5) is 15.3. The lowest BCUT2D eigenvalue weighted by Crippen LogP contribution is -2.36. The predicted molar refractivity (Wildman–Crippen MR) is 101 cm³/mol. The third-order valence-electron chi connectivity index (χ3n) is 5.27. The van der Waals surface area contributed by atoms with Gasteiger partial charge in [-0.1, -0.05) is 29.8 Å². The van der Waals surface area contributed by atoms with Crippen molar-refractivity contribution >= 4 is 5.78 Å². The molecule has 2 aromatic carbocycles. The van der Waals surface area contributed by atoms with Crippen LogP contribution in [0, 0.1) is 12.8 Å². The molecule has 4 nitrogen and oxygen atoms in total. The number of hydrogen-bond acceptors (Lipinski definition) is 4. The summed E-state index contributed by atoms with van der Waals surface area (Å²) in [5.74, 6) is 1.77. The van der Waals surface area contributed by atoms with Crippen molar-refractivity contribution in [1.82, 2.24) is 4.90 Å². The summed E-state index contributed by atoms with van der Waals surface area (Å²) < 4.78 is 11.1. The van der Waals surface area contributed by atoms with E-state index >= 15 is 0 Å². The largest absolute Gasteiger partial charge is 0.486 e. The fourth-order valence-corrected chi connectivity index (χ4v) is 3.85. The van der Waals surface area contributed by atoms with E-state index in [1.807, 2.05) is 18.2 Å². The number of Topliss-reactive ketones (excluding diaryl/α,β-unsaturated/α-hetero) is 1. The molecule has 2 aliphatic heterocycles. The Kier molecular flexibility index (Phi) is 4.93. The maximum absolute atomic E-state index is 12.9.